The van der Waals surface area contributed by atoms with Crippen molar-refractivity contribution in [3.8, 4) is 0 Å². The quantitative estimate of drug-likeness (QED) is 0.132. The van der Waals surface area contributed by atoms with Crippen LogP contribution in [0.2, 0.25) is 0 Å². The molecule has 0 heterocycles. The third-order valence-electron chi connectivity index (χ3n) is 9.01. The van der Waals surface area contributed by atoms with Crippen molar-refractivity contribution < 1.29 is 144 Å². The molecule has 0 spiro atoms. The molecule has 37 heteroatoms. The average molecular weight is 1120 g/mol. The van der Waals surface area contributed by atoms with Gasteiger partial charge in [0.05, 0.1) is 0 Å². The molecule has 0 aliphatic rings. The Labute approximate surface area is 361 Å². The van der Waals surface area contributed by atoms with Crippen molar-refractivity contribution in [2.24, 2.45) is 0 Å². The maximum Gasteiger partial charge on any atom is 0.460 e. The Balaban J connectivity index is 3.36. The molecule has 6 nitrogen and oxygen atoms in total. The van der Waals surface area contributed by atoms with Gasteiger partial charge < -0.3 is 0 Å². The summed E-state index contributed by atoms with van der Waals surface area (Å²) in [6.07, 6.45) is -25.8. The molecule has 0 aliphatic heterocycles. The highest BCUT2D eigenvalue weighted by Gasteiger charge is 3.00. The maximum atomic E-state index is 16.5. The summed E-state index contributed by atoms with van der Waals surface area (Å²) in [4.78, 5) is -7.96. The minimum absolute atomic E-state index is 0.0424. The lowest BCUT2D eigenvalue weighted by Gasteiger charge is -2.55. The smallest absolute Gasteiger partial charge is 0.219 e. The van der Waals surface area contributed by atoms with Crippen molar-refractivity contribution >= 4 is 39.5 Å². The van der Waals surface area contributed by atoms with E-state index < -0.39 is 163 Å². The summed E-state index contributed by atoms with van der Waals surface area (Å²) in [5, 5.41) is -29.6. The van der Waals surface area contributed by atoms with Gasteiger partial charge in [0.2, 0.25) is 0 Å². The molecule has 388 valence electrons. The highest BCUT2D eigenvalue weighted by atomic mass is 32.4. The molecule has 0 N–H and O–H groups in total. The summed E-state index contributed by atoms with van der Waals surface area (Å²) in [6.45, 7) is 0. The van der Waals surface area contributed by atoms with Crippen molar-refractivity contribution in [1.82, 2.24) is 0 Å². The predicted octanol–water partition coefficient (Wildman–Crippen LogP) is 12.1. The van der Waals surface area contributed by atoms with Crippen LogP contribution >= 0.6 is 10.0 Å². The van der Waals surface area contributed by atoms with E-state index >= 15 is 52.7 Å². The van der Waals surface area contributed by atoms with Crippen LogP contribution in [0.4, 0.5) is 119 Å². The summed E-state index contributed by atoms with van der Waals surface area (Å²) in [6, 6.07) is -2.40. The van der Waals surface area contributed by atoms with Crippen LogP contribution in [0.5, 0.6) is 0 Å². The molecule has 0 aliphatic carbocycles. The minimum atomic E-state index is -11.4. The number of alkyl halides is 27. The van der Waals surface area contributed by atoms with Gasteiger partial charge in [0.25, 0.3) is 29.5 Å². The number of halogens is 27. The second kappa shape index (κ2) is 16.3. The van der Waals surface area contributed by atoms with Crippen molar-refractivity contribution in [2.45, 2.75) is 87.3 Å². The first kappa shape index (κ1) is 58.3. The first-order valence-electron chi connectivity index (χ1n) is 16.1. The largest absolute Gasteiger partial charge is 0.460 e. The summed E-state index contributed by atoms with van der Waals surface area (Å²) >= 11 is 0. The molecule has 0 atom stereocenters. The van der Waals surface area contributed by atoms with E-state index in [0.29, 0.717) is 18.2 Å². The third kappa shape index (κ3) is 6.96. The highest BCUT2D eigenvalue weighted by molar-refractivity contribution is 8.56. The van der Waals surface area contributed by atoms with Gasteiger partial charge in [0.1, 0.15) is 0 Å². The van der Waals surface area contributed by atoms with Gasteiger partial charge in [-0.05, 0) is 36.4 Å². The molecule has 3 aromatic carbocycles. The van der Waals surface area contributed by atoms with Gasteiger partial charge in [-0.1, -0.05) is 54.6 Å². The van der Waals surface area contributed by atoms with Gasteiger partial charge in [-0.25, -0.2) is 25.3 Å². The van der Waals surface area contributed by atoms with E-state index in [-0.39, 0.29) is 36.4 Å². The number of rotatable bonds is 16. The van der Waals surface area contributed by atoms with E-state index in [0.717, 1.165) is 0 Å². The molecule has 0 amide bonds. The molecule has 0 aromatic heterocycles. The lowest BCUT2D eigenvalue weighted by molar-refractivity contribution is -0.382. The zero-order valence-electron chi connectivity index (χ0n) is 30.9. The van der Waals surface area contributed by atoms with E-state index in [1.807, 2.05) is 0 Å². The third-order valence-corrected chi connectivity index (χ3v) is 25.6. The molecule has 0 fully saturated rings. The van der Waals surface area contributed by atoms with Gasteiger partial charge in [-0.15, -0.1) is 10.0 Å². The van der Waals surface area contributed by atoms with E-state index in [9.17, 15) is 91.1 Å². The van der Waals surface area contributed by atoms with Crippen LogP contribution in [0.1, 0.15) is 0 Å². The van der Waals surface area contributed by atoms with Crippen LogP contribution in [0.3, 0.4) is 0 Å². The second-order valence-corrected chi connectivity index (χ2v) is 24.2. The number of hydrogen-bond acceptors (Lipinski definition) is 6. The van der Waals surface area contributed by atoms with Crippen LogP contribution in [-0.2, 0) is 29.5 Å². The minimum Gasteiger partial charge on any atom is -0.219 e. The van der Waals surface area contributed by atoms with Gasteiger partial charge in [0.15, 0.2) is 0 Å². The fourth-order valence-electron chi connectivity index (χ4n) is 5.70. The molecule has 3 rings (SSSR count). The standard InChI is InChI=1S/C31H15F27O6S4/c32-19(33,25(44,45)46)22(38,39)28(53,54)66(59,60)31(67(61,62)29(55,56)23(40,41)20(34,35)26(47,48)49,68(63,64)30(57,58)24(42,43)21(36,37)27(50,51)52)65(16-10-4-1-5-11-16,17-12-6-2-7-13-17)18-14-8-3-9-15-18/h1-15H. The Morgan fingerprint density at radius 2 is 0.412 bits per heavy atom. The van der Waals surface area contributed by atoms with Gasteiger partial charge in [-0.3, -0.25) is 0 Å². The zero-order chi connectivity index (χ0) is 53.8. The molecule has 0 unspecified atom stereocenters. The number of hydrogen-bond donors (Lipinski definition) is 0. The molecular weight excluding hydrogens is 1110 g/mol. The zero-order valence-corrected chi connectivity index (χ0v) is 34.2. The molecule has 0 saturated carbocycles. The van der Waals surface area contributed by atoms with Crippen LogP contribution in [0, 0.1) is 0 Å². The topological polar surface area (TPSA) is 102 Å². The van der Waals surface area contributed by atoms with E-state index in [1.165, 1.54) is 0 Å². The normalized spacial score (nSPS) is 16.2. The number of benzene rings is 3. The van der Waals surface area contributed by atoms with Crippen LogP contribution in [0.15, 0.2) is 106 Å². The van der Waals surface area contributed by atoms with Crippen LogP contribution in [0.25, 0.3) is 0 Å². The first-order chi connectivity index (χ1) is 29.8. The van der Waals surface area contributed by atoms with Gasteiger partial charge >= 0.3 is 72.6 Å². The highest BCUT2D eigenvalue weighted by Crippen LogP contribution is 2.84. The van der Waals surface area contributed by atoms with Crippen molar-refractivity contribution in [2.75, 3.05) is 0 Å². The monoisotopic (exact) mass is 1120 g/mol. The fourth-order valence-corrected chi connectivity index (χ4v) is 24.3. The Kier molecular flexibility index (Phi) is 13.9. The van der Waals surface area contributed by atoms with Gasteiger partial charge in [0, 0.05) is 14.7 Å². The molecular formula is C31H15F27O6S4. The van der Waals surface area contributed by atoms with Crippen molar-refractivity contribution in [3.63, 3.8) is 0 Å². The van der Waals surface area contributed by atoms with E-state index in [1.54, 1.807) is 0 Å². The average Bonchev–Trinajstić information content (AvgIpc) is 3.18. The Hall–Kier alpha value is -4.03. The Morgan fingerprint density at radius 3 is 0.559 bits per heavy atom. The SMILES string of the molecule is O=S(=O)(C(F)(F)C(F)(F)C(F)(F)C(F)(F)F)C(S(c1ccccc1)(c1ccccc1)c1ccccc1)(S(=O)(=O)C(F)(F)C(F)(F)C(F)(F)C(F)(F)F)S(=O)(=O)C(F)(F)C(F)(F)C(F)(F)C(F)(F)F. The number of sulfone groups is 3. The summed E-state index contributed by atoms with van der Waals surface area (Å²) in [7, 11) is -42.4. The summed E-state index contributed by atoms with van der Waals surface area (Å²) in [5.74, 6) is -56.2. The molecule has 3 aromatic rings. The first-order valence-corrected chi connectivity index (χ1v) is 22.2. The lowest BCUT2D eigenvalue weighted by Crippen LogP contribution is -2.76. The van der Waals surface area contributed by atoms with E-state index in [2.05, 4.69) is 0 Å². The summed E-state index contributed by atoms with van der Waals surface area (Å²) in [5.41, 5.74) is 0. The Morgan fingerprint density at radius 1 is 0.250 bits per heavy atom. The van der Waals surface area contributed by atoms with Crippen LogP contribution < -0.4 is 0 Å². The van der Waals surface area contributed by atoms with Crippen molar-refractivity contribution in [1.29, 1.82) is 0 Å². The fraction of sp³-hybridized carbons (Fsp3) is 0.419. The molecule has 68 heavy (non-hydrogen) atoms. The maximum absolute atomic E-state index is 16.5. The van der Waals surface area contributed by atoms with Crippen LogP contribution in [-0.4, -0.2) is 97.8 Å². The second-order valence-electron chi connectivity index (χ2n) is 13.1. The van der Waals surface area contributed by atoms with Gasteiger partial charge in [-0.2, -0.15) is 119 Å². The summed E-state index contributed by atoms with van der Waals surface area (Å²) < 4.78 is 477. The van der Waals surface area contributed by atoms with Crippen molar-refractivity contribution in [3.05, 3.63) is 91.0 Å². The Bertz CT molecular complexity index is 2380. The van der Waals surface area contributed by atoms with E-state index in [4.69, 9.17) is 0 Å². The molecule has 0 saturated heterocycles. The molecule has 0 radical (unpaired) electrons. The predicted molar refractivity (Wildman–Crippen MR) is 174 cm³/mol. The lowest BCUT2D eigenvalue weighted by atomic mass is 10.1. The molecule has 0 bridgehead atoms.